The van der Waals surface area contributed by atoms with Crippen LogP contribution in [0.25, 0.3) is 0 Å². The summed E-state index contributed by atoms with van der Waals surface area (Å²) in [5, 5.41) is 3.90. The second-order valence-corrected chi connectivity index (χ2v) is 4.79. The molecule has 0 aliphatic carbocycles. The van der Waals surface area contributed by atoms with Gasteiger partial charge in [0.2, 0.25) is 0 Å². The molecule has 0 aromatic heterocycles. The molecule has 4 nitrogen and oxygen atoms in total. The topological polar surface area (TPSA) is 56.5 Å². The van der Waals surface area contributed by atoms with E-state index in [1.54, 1.807) is 26.4 Å². The number of hydrogen-bond acceptors (Lipinski definition) is 4. The number of anilines is 3. The quantitative estimate of drug-likeness (QED) is 0.837. The summed E-state index contributed by atoms with van der Waals surface area (Å²) in [5.74, 6) is 1.38. The number of halogens is 1. The zero-order chi connectivity index (χ0) is 14.7. The largest absolute Gasteiger partial charge is 0.497 e. The van der Waals surface area contributed by atoms with Crippen LogP contribution in [0.4, 0.5) is 17.1 Å². The first-order valence-electron chi connectivity index (χ1n) is 6.10. The van der Waals surface area contributed by atoms with Crippen LogP contribution in [0.2, 0.25) is 5.02 Å². The van der Waals surface area contributed by atoms with Crippen molar-refractivity contribution >= 4 is 28.7 Å². The average Bonchev–Trinajstić information content (AvgIpc) is 2.44. The highest BCUT2D eigenvalue weighted by atomic mass is 35.5. The summed E-state index contributed by atoms with van der Waals surface area (Å²) in [6.07, 6.45) is 0. The molecule has 0 fully saturated rings. The molecule has 0 aliphatic heterocycles. The van der Waals surface area contributed by atoms with Gasteiger partial charge in [0, 0.05) is 17.2 Å². The van der Waals surface area contributed by atoms with Crippen molar-refractivity contribution < 1.29 is 9.47 Å². The normalized spacial score (nSPS) is 10.2. The summed E-state index contributed by atoms with van der Waals surface area (Å²) < 4.78 is 10.5. The number of methoxy groups -OCH3 is 2. The van der Waals surface area contributed by atoms with E-state index in [0.29, 0.717) is 16.5 Å². The number of benzene rings is 2. The van der Waals surface area contributed by atoms with E-state index in [1.807, 2.05) is 25.1 Å². The van der Waals surface area contributed by atoms with E-state index in [4.69, 9.17) is 26.8 Å². The van der Waals surface area contributed by atoms with Gasteiger partial charge in [0.05, 0.1) is 31.3 Å². The Morgan fingerprint density at radius 1 is 1.05 bits per heavy atom. The van der Waals surface area contributed by atoms with E-state index in [9.17, 15) is 0 Å². The van der Waals surface area contributed by atoms with Crippen molar-refractivity contribution in [1.82, 2.24) is 0 Å². The molecule has 0 atom stereocenters. The Balaban J connectivity index is 2.41. The summed E-state index contributed by atoms with van der Waals surface area (Å²) in [5.41, 5.74) is 9.10. The Kier molecular flexibility index (Phi) is 4.25. The molecule has 0 spiro atoms. The maximum atomic E-state index is 6.09. The van der Waals surface area contributed by atoms with Crippen LogP contribution in [0.3, 0.4) is 0 Å². The highest BCUT2D eigenvalue weighted by molar-refractivity contribution is 6.31. The minimum Gasteiger partial charge on any atom is -0.497 e. The number of nitrogens with one attached hydrogen (secondary N) is 1. The maximum Gasteiger partial charge on any atom is 0.143 e. The van der Waals surface area contributed by atoms with Gasteiger partial charge in [0.25, 0.3) is 0 Å². The molecule has 20 heavy (non-hydrogen) atoms. The molecule has 0 amide bonds. The molecule has 0 radical (unpaired) electrons. The summed E-state index contributed by atoms with van der Waals surface area (Å²) in [6.45, 7) is 1.93. The van der Waals surface area contributed by atoms with Crippen LogP contribution in [0.1, 0.15) is 5.56 Å². The van der Waals surface area contributed by atoms with Gasteiger partial charge in [-0.1, -0.05) is 11.6 Å². The van der Waals surface area contributed by atoms with Crippen molar-refractivity contribution in [3.05, 3.63) is 40.9 Å². The molecular formula is C15H17ClN2O2. The van der Waals surface area contributed by atoms with Gasteiger partial charge < -0.3 is 20.5 Å². The Morgan fingerprint density at radius 2 is 1.80 bits per heavy atom. The summed E-state index contributed by atoms with van der Waals surface area (Å²) in [4.78, 5) is 0. The second-order valence-electron chi connectivity index (χ2n) is 4.38. The van der Waals surface area contributed by atoms with Crippen molar-refractivity contribution in [3.8, 4) is 11.5 Å². The van der Waals surface area contributed by atoms with Crippen LogP contribution in [-0.2, 0) is 0 Å². The van der Waals surface area contributed by atoms with E-state index in [1.165, 1.54) is 0 Å². The fourth-order valence-corrected chi connectivity index (χ4v) is 2.00. The number of hydrogen-bond donors (Lipinski definition) is 2. The van der Waals surface area contributed by atoms with Gasteiger partial charge in [-0.05, 0) is 30.7 Å². The SMILES string of the molecule is COc1ccc(N)c(Nc2cc(C)c(Cl)cc2OC)c1. The number of ether oxygens (including phenoxy) is 2. The fourth-order valence-electron chi connectivity index (χ4n) is 1.85. The lowest BCUT2D eigenvalue weighted by molar-refractivity contribution is 0.414. The number of nitrogen functional groups attached to an aromatic ring is 1. The lowest BCUT2D eigenvalue weighted by Gasteiger charge is -2.15. The Morgan fingerprint density at radius 3 is 2.45 bits per heavy atom. The molecule has 0 saturated carbocycles. The van der Waals surface area contributed by atoms with E-state index in [0.717, 1.165) is 22.7 Å². The van der Waals surface area contributed by atoms with Gasteiger partial charge in [-0.25, -0.2) is 0 Å². The van der Waals surface area contributed by atoms with Crippen molar-refractivity contribution in [2.75, 3.05) is 25.3 Å². The molecule has 0 heterocycles. The highest BCUT2D eigenvalue weighted by Crippen LogP contribution is 2.35. The molecule has 0 saturated heterocycles. The lowest BCUT2D eigenvalue weighted by Crippen LogP contribution is -1.99. The Hall–Kier alpha value is -2.07. The van der Waals surface area contributed by atoms with E-state index in [2.05, 4.69) is 5.32 Å². The van der Waals surface area contributed by atoms with Gasteiger partial charge in [0.15, 0.2) is 0 Å². The van der Waals surface area contributed by atoms with E-state index in [-0.39, 0.29) is 0 Å². The van der Waals surface area contributed by atoms with Crippen LogP contribution >= 0.6 is 11.6 Å². The van der Waals surface area contributed by atoms with Gasteiger partial charge in [-0.2, -0.15) is 0 Å². The minimum atomic E-state index is 0.625. The molecule has 0 aliphatic rings. The molecule has 2 aromatic carbocycles. The smallest absolute Gasteiger partial charge is 0.143 e. The minimum absolute atomic E-state index is 0.625. The predicted octanol–water partition coefficient (Wildman–Crippen LogP) is 3.99. The fraction of sp³-hybridized carbons (Fsp3) is 0.200. The van der Waals surface area contributed by atoms with Gasteiger partial charge >= 0.3 is 0 Å². The van der Waals surface area contributed by atoms with Crippen molar-refractivity contribution in [2.45, 2.75) is 6.92 Å². The molecule has 5 heteroatoms. The lowest BCUT2D eigenvalue weighted by atomic mass is 10.2. The molecule has 106 valence electrons. The molecule has 0 unspecified atom stereocenters. The van der Waals surface area contributed by atoms with Gasteiger partial charge in [-0.3, -0.25) is 0 Å². The highest BCUT2D eigenvalue weighted by Gasteiger charge is 2.09. The van der Waals surface area contributed by atoms with Crippen molar-refractivity contribution in [1.29, 1.82) is 0 Å². The standard InChI is InChI=1S/C15H17ClN2O2/c1-9-6-14(15(20-3)8-11(9)16)18-13-7-10(19-2)4-5-12(13)17/h4-8,18H,17H2,1-3H3. The predicted molar refractivity (Wildman–Crippen MR) is 83.4 cm³/mol. The summed E-state index contributed by atoms with van der Waals surface area (Å²) >= 11 is 6.09. The first-order valence-corrected chi connectivity index (χ1v) is 6.47. The van der Waals surface area contributed by atoms with E-state index < -0.39 is 0 Å². The van der Waals surface area contributed by atoms with Crippen LogP contribution in [0.15, 0.2) is 30.3 Å². The van der Waals surface area contributed by atoms with Crippen LogP contribution in [0, 0.1) is 6.92 Å². The molecule has 3 N–H and O–H groups in total. The zero-order valence-electron chi connectivity index (χ0n) is 11.7. The first kappa shape index (κ1) is 14.3. The van der Waals surface area contributed by atoms with Crippen molar-refractivity contribution in [3.63, 3.8) is 0 Å². The zero-order valence-corrected chi connectivity index (χ0v) is 12.4. The second kappa shape index (κ2) is 5.92. The maximum absolute atomic E-state index is 6.09. The molecule has 0 bridgehead atoms. The van der Waals surface area contributed by atoms with Gasteiger partial charge in [-0.15, -0.1) is 0 Å². The third-order valence-corrected chi connectivity index (χ3v) is 3.42. The van der Waals surface area contributed by atoms with Crippen LogP contribution in [-0.4, -0.2) is 14.2 Å². The third-order valence-electron chi connectivity index (χ3n) is 3.01. The monoisotopic (exact) mass is 292 g/mol. The third kappa shape index (κ3) is 2.91. The van der Waals surface area contributed by atoms with Crippen LogP contribution < -0.4 is 20.5 Å². The van der Waals surface area contributed by atoms with E-state index >= 15 is 0 Å². The number of nitrogens with two attached hydrogens (primary N) is 1. The van der Waals surface area contributed by atoms with Crippen molar-refractivity contribution in [2.24, 2.45) is 0 Å². The number of rotatable bonds is 4. The molecular weight excluding hydrogens is 276 g/mol. The summed E-state index contributed by atoms with van der Waals surface area (Å²) in [7, 11) is 3.21. The molecule has 2 rings (SSSR count). The number of aryl methyl sites for hydroxylation is 1. The summed E-state index contributed by atoms with van der Waals surface area (Å²) in [6, 6.07) is 9.12. The van der Waals surface area contributed by atoms with Crippen LogP contribution in [0.5, 0.6) is 11.5 Å². The molecule has 2 aromatic rings. The van der Waals surface area contributed by atoms with Gasteiger partial charge in [0.1, 0.15) is 11.5 Å². The average molecular weight is 293 g/mol. The first-order chi connectivity index (χ1) is 9.55. The Labute approximate surface area is 123 Å². The Bertz CT molecular complexity index is 630.